The van der Waals surface area contributed by atoms with Crippen LogP contribution in [-0.2, 0) is 19.6 Å². The molecule has 2 aliphatic rings. The largest absolute Gasteiger partial charge is 0.479 e. The highest BCUT2D eigenvalue weighted by Gasteiger charge is 2.32. The Morgan fingerprint density at radius 1 is 1.33 bits per heavy atom. The summed E-state index contributed by atoms with van der Waals surface area (Å²) < 4.78 is 32.3. The van der Waals surface area contributed by atoms with Crippen molar-refractivity contribution in [2.24, 2.45) is 11.7 Å². The molecule has 1 aromatic carbocycles. The smallest absolute Gasteiger partial charge is 0.265 e. The average molecular weight is 353 g/mol. The van der Waals surface area contributed by atoms with Crippen LogP contribution in [0.25, 0.3) is 0 Å². The van der Waals surface area contributed by atoms with E-state index >= 15 is 0 Å². The van der Waals surface area contributed by atoms with E-state index in [2.05, 4.69) is 5.32 Å². The molecule has 0 radical (unpaired) electrons. The molecular formula is C15H19N3O5S. The summed E-state index contributed by atoms with van der Waals surface area (Å²) >= 11 is 0. The van der Waals surface area contributed by atoms with Gasteiger partial charge in [-0.1, -0.05) is 0 Å². The molecule has 2 aliphatic heterocycles. The van der Waals surface area contributed by atoms with E-state index in [0.29, 0.717) is 24.3 Å². The van der Waals surface area contributed by atoms with Gasteiger partial charge in [0.2, 0.25) is 15.9 Å². The molecule has 0 bridgehead atoms. The molecule has 3 N–H and O–H groups in total. The summed E-state index contributed by atoms with van der Waals surface area (Å²) in [5.41, 5.74) is 5.61. The molecular weight excluding hydrogens is 334 g/mol. The molecule has 9 heteroatoms. The van der Waals surface area contributed by atoms with Crippen LogP contribution in [0.2, 0.25) is 0 Å². The zero-order valence-corrected chi connectivity index (χ0v) is 14.0. The highest BCUT2D eigenvalue weighted by atomic mass is 32.2. The first-order chi connectivity index (χ1) is 11.3. The van der Waals surface area contributed by atoms with Gasteiger partial charge >= 0.3 is 0 Å². The van der Waals surface area contributed by atoms with Crippen molar-refractivity contribution in [3.05, 3.63) is 18.2 Å². The number of hydrogen-bond donors (Lipinski definition) is 2. The number of fused-ring (bicyclic) bond motifs is 1. The summed E-state index contributed by atoms with van der Waals surface area (Å²) in [4.78, 5) is 23.0. The van der Waals surface area contributed by atoms with Gasteiger partial charge in [-0.2, -0.15) is 4.31 Å². The van der Waals surface area contributed by atoms with E-state index in [-0.39, 0.29) is 29.8 Å². The van der Waals surface area contributed by atoms with Crippen LogP contribution in [0.4, 0.5) is 5.69 Å². The maximum atomic E-state index is 12.8. The second-order valence-electron chi connectivity index (χ2n) is 5.99. The molecule has 8 nitrogen and oxygen atoms in total. The fourth-order valence-corrected chi connectivity index (χ4v) is 4.37. The molecule has 2 amide bonds. The number of carbonyl (C=O) groups excluding carboxylic acids is 2. The minimum Gasteiger partial charge on any atom is -0.479 e. The zero-order chi connectivity index (χ0) is 17.5. The van der Waals surface area contributed by atoms with Crippen LogP contribution in [0.15, 0.2) is 23.1 Å². The van der Waals surface area contributed by atoms with E-state index in [0.717, 1.165) is 0 Å². The fourth-order valence-electron chi connectivity index (χ4n) is 2.88. The Morgan fingerprint density at radius 2 is 2.00 bits per heavy atom. The maximum Gasteiger partial charge on any atom is 0.265 e. The number of nitrogens with one attached hydrogen (secondary N) is 1. The standard InChI is InChI=1S/C15H19N3O5S/c1-9-15(20)17-12-8-11(2-3-13(12)23-9)24(21,22)18-6-4-10(5-7-18)14(16)19/h2-3,8-10H,4-7H2,1H3,(H2,16,19)(H,17,20). The molecule has 1 atom stereocenters. The van der Waals surface area contributed by atoms with Crippen molar-refractivity contribution in [1.82, 2.24) is 4.31 Å². The van der Waals surface area contributed by atoms with E-state index in [1.54, 1.807) is 6.92 Å². The van der Waals surface area contributed by atoms with Crippen LogP contribution in [0.5, 0.6) is 5.75 Å². The van der Waals surface area contributed by atoms with Crippen LogP contribution < -0.4 is 15.8 Å². The minimum absolute atomic E-state index is 0.0808. The van der Waals surface area contributed by atoms with Gasteiger partial charge in [-0.3, -0.25) is 9.59 Å². The minimum atomic E-state index is -3.70. The highest BCUT2D eigenvalue weighted by molar-refractivity contribution is 7.89. The number of piperidine rings is 1. The normalized spacial score (nSPS) is 22.4. The molecule has 2 heterocycles. The molecule has 3 rings (SSSR count). The van der Waals surface area contributed by atoms with Crippen molar-refractivity contribution in [3.63, 3.8) is 0 Å². The van der Waals surface area contributed by atoms with E-state index in [9.17, 15) is 18.0 Å². The third kappa shape index (κ3) is 2.96. The third-order valence-electron chi connectivity index (χ3n) is 4.38. The van der Waals surface area contributed by atoms with E-state index < -0.39 is 22.0 Å². The number of ether oxygens (including phenoxy) is 1. The number of benzene rings is 1. The molecule has 0 aliphatic carbocycles. The number of primary amides is 1. The second kappa shape index (κ2) is 6.06. The van der Waals surface area contributed by atoms with Gasteiger partial charge in [-0.15, -0.1) is 0 Å². The molecule has 1 unspecified atom stereocenters. The van der Waals surface area contributed by atoms with Crippen molar-refractivity contribution in [1.29, 1.82) is 0 Å². The maximum absolute atomic E-state index is 12.8. The van der Waals surface area contributed by atoms with Crippen molar-refractivity contribution in [3.8, 4) is 5.75 Å². The lowest BCUT2D eigenvalue weighted by Gasteiger charge is -2.30. The average Bonchev–Trinajstić information content (AvgIpc) is 2.55. The van der Waals surface area contributed by atoms with Crippen LogP contribution in [-0.4, -0.2) is 43.7 Å². The number of hydrogen-bond acceptors (Lipinski definition) is 5. The number of nitrogens with two attached hydrogens (primary N) is 1. The van der Waals surface area contributed by atoms with Gasteiger partial charge in [-0.05, 0) is 38.0 Å². The lowest BCUT2D eigenvalue weighted by molar-refractivity contribution is -0.123. The van der Waals surface area contributed by atoms with Gasteiger partial charge in [0, 0.05) is 19.0 Å². The molecule has 24 heavy (non-hydrogen) atoms. The molecule has 1 fully saturated rings. The first-order valence-corrected chi connectivity index (χ1v) is 9.14. The van der Waals surface area contributed by atoms with Gasteiger partial charge in [0.1, 0.15) is 5.75 Å². The second-order valence-corrected chi connectivity index (χ2v) is 7.93. The van der Waals surface area contributed by atoms with Crippen molar-refractivity contribution in [2.75, 3.05) is 18.4 Å². The Bertz CT molecular complexity index is 784. The number of rotatable bonds is 3. The summed E-state index contributed by atoms with van der Waals surface area (Å²) in [5.74, 6) is -0.559. The van der Waals surface area contributed by atoms with Crippen molar-refractivity contribution < 1.29 is 22.7 Å². The summed E-state index contributed by atoms with van der Waals surface area (Å²) in [5, 5.41) is 2.64. The number of carbonyl (C=O) groups is 2. The Hall–Kier alpha value is -2.13. The predicted molar refractivity (Wildman–Crippen MR) is 85.8 cm³/mol. The number of amides is 2. The third-order valence-corrected chi connectivity index (χ3v) is 6.27. The predicted octanol–water partition coefficient (Wildman–Crippen LogP) is 0.292. The molecule has 0 spiro atoms. The lowest BCUT2D eigenvalue weighted by Crippen LogP contribution is -2.41. The van der Waals surface area contributed by atoms with E-state index in [4.69, 9.17) is 10.5 Å². The Morgan fingerprint density at radius 3 is 2.62 bits per heavy atom. The van der Waals surface area contributed by atoms with Gasteiger partial charge < -0.3 is 15.8 Å². The molecule has 1 aromatic rings. The Kier molecular flexibility index (Phi) is 4.22. The van der Waals surface area contributed by atoms with Crippen LogP contribution in [0.3, 0.4) is 0 Å². The van der Waals surface area contributed by atoms with E-state index in [1.165, 1.54) is 22.5 Å². The number of anilines is 1. The SMILES string of the molecule is CC1Oc2ccc(S(=O)(=O)N3CCC(C(N)=O)CC3)cc2NC1=O. The van der Waals surface area contributed by atoms with Gasteiger partial charge in [-0.25, -0.2) is 8.42 Å². The van der Waals surface area contributed by atoms with Gasteiger partial charge in [0.25, 0.3) is 5.91 Å². The molecule has 1 saturated heterocycles. The summed E-state index contributed by atoms with van der Waals surface area (Å²) in [6.45, 7) is 2.10. The Balaban J connectivity index is 1.82. The Labute approximate surface area is 140 Å². The zero-order valence-electron chi connectivity index (χ0n) is 13.2. The summed E-state index contributed by atoms with van der Waals surface area (Å²) in [7, 11) is -3.70. The summed E-state index contributed by atoms with van der Waals surface area (Å²) in [6, 6.07) is 4.39. The van der Waals surface area contributed by atoms with Crippen LogP contribution in [0.1, 0.15) is 19.8 Å². The van der Waals surface area contributed by atoms with Gasteiger partial charge in [0.15, 0.2) is 6.10 Å². The van der Waals surface area contributed by atoms with Crippen molar-refractivity contribution in [2.45, 2.75) is 30.8 Å². The first kappa shape index (κ1) is 16.7. The number of sulfonamides is 1. The van der Waals surface area contributed by atoms with Crippen LogP contribution >= 0.6 is 0 Å². The quantitative estimate of drug-likeness (QED) is 0.810. The molecule has 0 saturated carbocycles. The van der Waals surface area contributed by atoms with Crippen molar-refractivity contribution >= 4 is 27.5 Å². The lowest BCUT2D eigenvalue weighted by atomic mass is 9.98. The highest BCUT2D eigenvalue weighted by Crippen LogP contribution is 2.33. The topological polar surface area (TPSA) is 119 Å². The molecule has 0 aromatic heterocycles. The summed E-state index contributed by atoms with van der Waals surface area (Å²) in [6.07, 6.45) is 0.209. The van der Waals surface area contributed by atoms with E-state index in [1.807, 2.05) is 0 Å². The molecule has 130 valence electrons. The first-order valence-electron chi connectivity index (χ1n) is 7.70. The number of nitrogens with zero attached hydrogens (tertiary/aromatic N) is 1. The van der Waals surface area contributed by atoms with Crippen LogP contribution in [0, 0.1) is 5.92 Å². The fraction of sp³-hybridized carbons (Fsp3) is 0.467. The van der Waals surface area contributed by atoms with Gasteiger partial charge in [0.05, 0.1) is 10.6 Å². The monoisotopic (exact) mass is 353 g/mol.